The number of hydrogen-bond donors (Lipinski definition) is 1. The molecular formula is C24H36N2. The minimum absolute atomic E-state index is 0.00720. The Hall–Kier alpha value is -1.83. The maximum Gasteiger partial charge on any atom is 0.0867 e. The molecular weight excluding hydrogens is 316 g/mol. The Kier molecular flexibility index (Phi) is 7.25. The van der Waals surface area contributed by atoms with E-state index in [1.807, 2.05) is 6.08 Å². The fourth-order valence-electron chi connectivity index (χ4n) is 3.82. The summed E-state index contributed by atoms with van der Waals surface area (Å²) >= 11 is 0. The van der Waals surface area contributed by atoms with Gasteiger partial charge in [-0.25, -0.2) is 0 Å². The van der Waals surface area contributed by atoms with Gasteiger partial charge in [-0.15, -0.1) is 0 Å². The molecule has 1 aromatic carbocycles. The maximum atomic E-state index is 7.88. The van der Waals surface area contributed by atoms with Crippen LogP contribution >= 0.6 is 0 Å². The largest absolute Gasteiger partial charge is 0.336 e. The van der Waals surface area contributed by atoms with E-state index in [9.17, 15) is 0 Å². The van der Waals surface area contributed by atoms with Crippen LogP contribution in [0.3, 0.4) is 0 Å². The summed E-state index contributed by atoms with van der Waals surface area (Å²) in [6.07, 6.45) is 13.2. The first kappa shape index (κ1) is 20.5. The normalized spacial score (nSPS) is 17.0. The van der Waals surface area contributed by atoms with Crippen LogP contribution in [-0.4, -0.2) is 12.3 Å². The first-order valence-corrected chi connectivity index (χ1v) is 10.1. The number of rotatable bonds is 8. The molecule has 0 saturated heterocycles. The number of allylic oxidation sites excluding steroid dienone is 2. The lowest BCUT2D eigenvalue weighted by molar-refractivity contribution is 0.623. The molecule has 0 saturated carbocycles. The van der Waals surface area contributed by atoms with E-state index in [2.05, 4.69) is 76.9 Å². The molecule has 0 fully saturated rings. The highest BCUT2D eigenvalue weighted by Gasteiger charge is 2.22. The lowest BCUT2D eigenvalue weighted by Crippen LogP contribution is -2.33. The van der Waals surface area contributed by atoms with Crippen LogP contribution in [0.4, 0.5) is 5.69 Å². The zero-order chi connectivity index (χ0) is 19.3. The summed E-state index contributed by atoms with van der Waals surface area (Å²) in [6.45, 7) is 13.8. The summed E-state index contributed by atoms with van der Waals surface area (Å²) in [7, 11) is 0. The lowest BCUT2D eigenvalue weighted by Gasteiger charge is -2.33. The predicted octanol–water partition coefficient (Wildman–Crippen LogP) is 6.19. The summed E-state index contributed by atoms with van der Waals surface area (Å²) in [5.74, 6) is 1.88. The van der Waals surface area contributed by atoms with Crippen molar-refractivity contribution < 1.29 is 0 Å². The summed E-state index contributed by atoms with van der Waals surface area (Å²) in [4.78, 5) is 2.29. The molecule has 1 unspecified atom stereocenters. The van der Waals surface area contributed by atoms with Gasteiger partial charge in [-0.1, -0.05) is 65.8 Å². The van der Waals surface area contributed by atoms with Crippen LogP contribution < -0.4 is 4.90 Å². The molecule has 1 aliphatic heterocycles. The van der Waals surface area contributed by atoms with Gasteiger partial charge in [0.15, 0.2) is 0 Å². The van der Waals surface area contributed by atoms with Gasteiger partial charge in [0.25, 0.3) is 0 Å². The molecule has 0 aliphatic carbocycles. The molecule has 0 bridgehead atoms. The second-order valence-corrected chi connectivity index (χ2v) is 8.85. The molecule has 2 heteroatoms. The van der Waals surface area contributed by atoms with Gasteiger partial charge >= 0.3 is 0 Å². The maximum absolute atomic E-state index is 7.88. The zero-order valence-electron chi connectivity index (χ0n) is 17.4. The van der Waals surface area contributed by atoms with Crippen molar-refractivity contribution in [3.63, 3.8) is 0 Å². The Balaban J connectivity index is 2.61. The lowest BCUT2D eigenvalue weighted by atomic mass is 9.88. The average Bonchev–Trinajstić information content (AvgIpc) is 2.53. The van der Waals surface area contributed by atoms with Gasteiger partial charge in [-0.05, 0) is 59.8 Å². The highest BCUT2D eigenvalue weighted by molar-refractivity contribution is 5.76. The van der Waals surface area contributed by atoms with E-state index in [4.69, 9.17) is 5.41 Å². The number of anilines is 1. The van der Waals surface area contributed by atoms with Crippen LogP contribution in [0.15, 0.2) is 36.6 Å². The van der Waals surface area contributed by atoms with Gasteiger partial charge in [0.05, 0.1) is 6.04 Å². The van der Waals surface area contributed by atoms with Crippen molar-refractivity contribution in [3.05, 3.63) is 53.3 Å². The number of nitrogens with zero attached hydrogens (tertiary/aromatic N) is 1. The fraction of sp³-hybridized carbons (Fsp3) is 0.542. The summed E-state index contributed by atoms with van der Waals surface area (Å²) < 4.78 is 0. The molecule has 0 spiro atoms. The van der Waals surface area contributed by atoms with Crippen LogP contribution in [0.2, 0.25) is 0 Å². The Labute approximate surface area is 160 Å². The molecule has 1 atom stereocenters. The van der Waals surface area contributed by atoms with E-state index in [0.717, 1.165) is 19.3 Å². The zero-order valence-corrected chi connectivity index (χ0v) is 17.4. The molecule has 26 heavy (non-hydrogen) atoms. The molecule has 1 heterocycles. The SMILES string of the molecule is CC(C)Cc1cc(CC(C)C)c(N2C=CC=CC2C=N)c(CC(C)C)c1. The monoisotopic (exact) mass is 352 g/mol. The number of benzene rings is 1. The second kappa shape index (κ2) is 9.21. The average molecular weight is 353 g/mol. The van der Waals surface area contributed by atoms with Crippen LogP contribution in [-0.2, 0) is 19.3 Å². The molecule has 2 rings (SSSR count). The van der Waals surface area contributed by atoms with Crippen molar-refractivity contribution >= 4 is 11.9 Å². The molecule has 1 aromatic rings. The van der Waals surface area contributed by atoms with E-state index in [0.29, 0.717) is 17.8 Å². The standard InChI is InChI=1S/C24H36N2/c1-17(2)11-20-14-21(12-18(3)4)24(22(15-20)13-19(5)6)26-10-8-7-9-23(26)16-25/h7-10,14-19,23,25H,11-13H2,1-6H3. The summed E-state index contributed by atoms with van der Waals surface area (Å²) in [5, 5.41) is 7.88. The minimum atomic E-state index is 0.00720. The van der Waals surface area contributed by atoms with Crippen molar-refractivity contribution in [2.75, 3.05) is 4.90 Å². The first-order valence-electron chi connectivity index (χ1n) is 10.1. The fourth-order valence-corrected chi connectivity index (χ4v) is 3.82. The molecule has 0 radical (unpaired) electrons. The van der Waals surface area contributed by atoms with E-state index >= 15 is 0 Å². The Bertz CT molecular complexity index is 634. The van der Waals surface area contributed by atoms with Crippen molar-refractivity contribution in [3.8, 4) is 0 Å². The van der Waals surface area contributed by atoms with Crippen LogP contribution in [0.1, 0.15) is 58.2 Å². The Morgan fingerprint density at radius 2 is 1.42 bits per heavy atom. The minimum Gasteiger partial charge on any atom is -0.336 e. The predicted molar refractivity (Wildman–Crippen MR) is 115 cm³/mol. The third kappa shape index (κ3) is 5.33. The van der Waals surface area contributed by atoms with Crippen LogP contribution in [0, 0.1) is 23.2 Å². The molecule has 0 aromatic heterocycles. The number of hydrogen-bond acceptors (Lipinski definition) is 2. The van der Waals surface area contributed by atoms with E-state index in [1.165, 1.54) is 22.4 Å². The first-order chi connectivity index (χ1) is 12.3. The molecule has 0 amide bonds. The highest BCUT2D eigenvalue weighted by Crippen LogP contribution is 2.34. The van der Waals surface area contributed by atoms with E-state index < -0.39 is 0 Å². The van der Waals surface area contributed by atoms with Crippen LogP contribution in [0.25, 0.3) is 0 Å². The quantitative estimate of drug-likeness (QED) is 0.555. The third-order valence-electron chi connectivity index (χ3n) is 4.64. The smallest absolute Gasteiger partial charge is 0.0867 e. The number of nitrogens with one attached hydrogen (secondary N) is 1. The van der Waals surface area contributed by atoms with Gasteiger partial charge in [0.2, 0.25) is 0 Å². The molecule has 142 valence electrons. The third-order valence-corrected chi connectivity index (χ3v) is 4.64. The topological polar surface area (TPSA) is 27.1 Å². The highest BCUT2D eigenvalue weighted by atomic mass is 15.2. The van der Waals surface area contributed by atoms with Gasteiger partial charge in [0.1, 0.15) is 0 Å². The van der Waals surface area contributed by atoms with Crippen molar-refractivity contribution in [2.45, 2.75) is 66.8 Å². The Morgan fingerprint density at radius 3 is 1.88 bits per heavy atom. The van der Waals surface area contributed by atoms with Crippen molar-refractivity contribution in [1.29, 1.82) is 5.41 Å². The summed E-state index contributed by atoms with van der Waals surface area (Å²) in [5.41, 5.74) is 5.65. The van der Waals surface area contributed by atoms with E-state index in [-0.39, 0.29) is 6.04 Å². The molecule has 1 N–H and O–H groups in total. The van der Waals surface area contributed by atoms with Gasteiger partial charge in [0, 0.05) is 18.1 Å². The van der Waals surface area contributed by atoms with Gasteiger partial charge < -0.3 is 10.3 Å². The second-order valence-electron chi connectivity index (χ2n) is 8.85. The van der Waals surface area contributed by atoms with Crippen molar-refractivity contribution in [1.82, 2.24) is 0 Å². The summed E-state index contributed by atoms with van der Waals surface area (Å²) in [6, 6.07) is 4.85. The van der Waals surface area contributed by atoms with Gasteiger partial charge in [-0.2, -0.15) is 0 Å². The van der Waals surface area contributed by atoms with E-state index in [1.54, 1.807) is 6.21 Å². The van der Waals surface area contributed by atoms with Gasteiger partial charge in [-0.3, -0.25) is 0 Å². The molecule has 1 aliphatic rings. The van der Waals surface area contributed by atoms with Crippen molar-refractivity contribution in [2.24, 2.45) is 17.8 Å². The van der Waals surface area contributed by atoms with Crippen LogP contribution in [0.5, 0.6) is 0 Å². The molecule has 2 nitrogen and oxygen atoms in total. The Morgan fingerprint density at radius 1 is 0.885 bits per heavy atom.